The van der Waals surface area contributed by atoms with Crippen LogP contribution in [0.2, 0.25) is 18.1 Å². The molecule has 0 spiro atoms. The Labute approximate surface area is 142 Å². The zero-order valence-corrected chi connectivity index (χ0v) is 17.4. The maximum absolute atomic E-state index is 12.5. The minimum absolute atomic E-state index is 0.126. The van der Waals surface area contributed by atoms with E-state index < -0.39 is 13.7 Å². The molecule has 0 saturated heterocycles. The van der Waals surface area contributed by atoms with Gasteiger partial charge in [0, 0.05) is 13.0 Å². The third kappa shape index (κ3) is 2.93. The average Bonchev–Trinajstić information content (AvgIpc) is 2.82. The van der Waals surface area contributed by atoms with Crippen LogP contribution in [0.5, 0.6) is 0 Å². The lowest BCUT2D eigenvalue weighted by Gasteiger charge is -2.40. The fraction of sp³-hybridized carbons (Fsp3) is 0.842. The van der Waals surface area contributed by atoms with Gasteiger partial charge in [-0.25, -0.2) is 0 Å². The van der Waals surface area contributed by atoms with Crippen LogP contribution in [0, 0.1) is 17.3 Å². The first-order chi connectivity index (χ1) is 10.3. The first-order valence-electron chi connectivity index (χ1n) is 8.81. The van der Waals surface area contributed by atoms with Gasteiger partial charge in [-0.2, -0.15) is 0 Å². The Morgan fingerprint density at radius 3 is 2.30 bits per heavy atom. The second-order valence-electron chi connectivity index (χ2n) is 9.30. The molecule has 2 aliphatic rings. The summed E-state index contributed by atoms with van der Waals surface area (Å²) in [6.45, 7) is 17.3. The zero-order chi connectivity index (χ0) is 17.8. The lowest BCUT2D eigenvalue weighted by atomic mass is 9.81. The molecule has 0 aromatic rings. The van der Waals surface area contributed by atoms with E-state index in [1.165, 1.54) is 5.57 Å². The van der Waals surface area contributed by atoms with Gasteiger partial charge in [-0.05, 0) is 56.3 Å². The third-order valence-electron chi connectivity index (χ3n) is 6.58. The van der Waals surface area contributed by atoms with Crippen molar-refractivity contribution in [2.24, 2.45) is 17.3 Å². The molecule has 4 heteroatoms. The second-order valence-corrected chi connectivity index (χ2v) is 14.0. The Kier molecular flexibility index (Phi) is 4.66. The quantitative estimate of drug-likeness (QED) is 0.682. The van der Waals surface area contributed by atoms with Crippen LogP contribution in [0.1, 0.15) is 54.4 Å². The van der Waals surface area contributed by atoms with Crippen LogP contribution < -0.4 is 0 Å². The molecule has 0 aromatic carbocycles. The summed E-state index contributed by atoms with van der Waals surface area (Å²) >= 11 is 0. The summed E-state index contributed by atoms with van der Waals surface area (Å²) in [7, 11) is -0.176. The number of fused-ring (bicyclic) bond motifs is 1. The lowest BCUT2D eigenvalue weighted by Crippen LogP contribution is -2.43. The Balaban J connectivity index is 2.48. The number of Topliss-reactive ketones (excluding diaryl/α,β-unsaturated/α-hetero) is 1. The highest BCUT2D eigenvalue weighted by Crippen LogP contribution is 2.57. The molecule has 0 aromatic heterocycles. The van der Waals surface area contributed by atoms with Gasteiger partial charge in [-0.1, -0.05) is 27.7 Å². The molecule has 1 saturated carbocycles. The van der Waals surface area contributed by atoms with Crippen LogP contribution >= 0.6 is 0 Å². The highest BCUT2D eigenvalue weighted by Gasteiger charge is 2.55. The van der Waals surface area contributed by atoms with Crippen molar-refractivity contribution >= 4 is 14.1 Å². The highest BCUT2D eigenvalue weighted by molar-refractivity contribution is 6.74. The molecule has 0 bridgehead atoms. The number of allylic oxidation sites excluding steroid dienone is 1. The molecule has 23 heavy (non-hydrogen) atoms. The van der Waals surface area contributed by atoms with Crippen LogP contribution in [-0.2, 0) is 14.0 Å². The van der Waals surface area contributed by atoms with Crippen molar-refractivity contribution in [1.82, 2.24) is 0 Å². The van der Waals surface area contributed by atoms with E-state index in [1.807, 2.05) is 0 Å². The van der Waals surface area contributed by atoms with Crippen molar-refractivity contribution in [3.05, 3.63) is 11.3 Å². The Morgan fingerprint density at radius 2 is 1.87 bits per heavy atom. The van der Waals surface area contributed by atoms with Gasteiger partial charge in [0.2, 0.25) is 8.32 Å². The standard InChI is InChI=1S/C19H34O3Si/c1-12-10-14-15(16(12)21-7)11-19(6,13(2)20)17(14)22-23(8,9)18(3,4)5/h12,15-16H,10-11H2,1-9H3/t12-,15+,16+,19-/m0/s1. The molecule has 2 rings (SSSR count). The maximum atomic E-state index is 12.5. The normalized spacial score (nSPS) is 34.7. The molecule has 0 heterocycles. The first-order valence-corrected chi connectivity index (χ1v) is 11.7. The summed E-state index contributed by atoms with van der Waals surface area (Å²) in [5, 5.41) is 0.126. The lowest BCUT2D eigenvalue weighted by molar-refractivity contribution is -0.125. The minimum atomic E-state index is -1.97. The van der Waals surface area contributed by atoms with Crippen LogP contribution in [0.3, 0.4) is 0 Å². The monoisotopic (exact) mass is 338 g/mol. The number of ether oxygens (including phenoxy) is 1. The van der Waals surface area contributed by atoms with Gasteiger partial charge >= 0.3 is 0 Å². The van der Waals surface area contributed by atoms with E-state index in [1.54, 1.807) is 14.0 Å². The predicted octanol–water partition coefficient (Wildman–Crippen LogP) is 4.93. The van der Waals surface area contributed by atoms with E-state index in [2.05, 4.69) is 47.7 Å². The highest BCUT2D eigenvalue weighted by atomic mass is 28.4. The second kappa shape index (κ2) is 5.73. The minimum Gasteiger partial charge on any atom is -0.546 e. The average molecular weight is 339 g/mol. The number of hydrogen-bond donors (Lipinski definition) is 0. The van der Waals surface area contributed by atoms with Crippen molar-refractivity contribution in [2.75, 3.05) is 7.11 Å². The maximum Gasteiger partial charge on any atom is 0.250 e. The van der Waals surface area contributed by atoms with E-state index in [0.717, 1.165) is 18.6 Å². The van der Waals surface area contributed by atoms with Crippen molar-refractivity contribution in [1.29, 1.82) is 0 Å². The molecule has 0 N–H and O–H groups in total. The Bertz CT molecular complexity index is 529. The molecule has 0 radical (unpaired) electrons. The third-order valence-corrected chi connectivity index (χ3v) is 10.9. The summed E-state index contributed by atoms with van der Waals surface area (Å²) < 4.78 is 12.5. The summed E-state index contributed by atoms with van der Waals surface area (Å²) in [6.07, 6.45) is 2.05. The summed E-state index contributed by atoms with van der Waals surface area (Å²) in [5.41, 5.74) is 0.874. The van der Waals surface area contributed by atoms with E-state index in [9.17, 15) is 4.79 Å². The largest absolute Gasteiger partial charge is 0.546 e. The van der Waals surface area contributed by atoms with Crippen molar-refractivity contribution < 1.29 is 14.0 Å². The topological polar surface area (TPSA) is 35.5 Å². The number of carbonyl (C=O) groups excluding carboxylic acids is 1. The Morgan fingerprint density at radius 1 is 1.30 bits per heavy atom. The number of ketones is 1. The molecular formula is C19H34O3Si. The zero-order valence-electron chi connectivity index (χ0n) is 16.4. The first kappa shape index (κ1) is 18.7. The van der Waals surface area contributed by atoms with Crippen LogP contribution in [0.15, 0.2) is 11.3 Å². The van der Waals surface area contributed by atoms with Gasteiger partial charge in [-0.15, -0.1) is 0 Å². The molecule has 1 fully saturated rings. The van der Waals surface area contributed by atoms with Gasteiger partial charge in [0.1, 0.15) is 5.78 Å². The van der Waals surface area contributed by atoms with E-state index in [4.69, 9.17) is 9.16 Å². The van der Waals surface area contributed by atoms with E-state index in [-0.39, 0.29) is 16.9 Å². The Hall–Kier alpha value is -0.613. The van der Waals surface area contributed by atoms with E-state index in [0.29, 0.717) is 11.8 Å². The van der Waals surface area contributed by atoms with Crippen LogP contribution in [0.25, 0.3) is 0 Å². The number of rotatable bonds is 4. The fourth-order valence-electron chi connectivity index (χ4n) is 3.88. The molecule has 4 atom stereocenters. The molecule has 3 nitrogen and oxygen atoms in total. The molecule has 0 unspecified atom stereocenters. The van der Waals surface area contributed by atoms with Crippen molar-refractivity contribution in [3.63, 3.8) is 0 Å². The van der Waals surface area contributed by atoms with Gasteiger partial charge in [-0.3, -0.25) is 4.79 Å². The number of hydrogen-bond acceptors (Lipinski definition) is 3. The van der Waals surface area contributed by atoms with Gasteiger partial charge in [0.25, 0.3) is 0 Å². The number of methoxy groups -OCH3 is 1. The summed E-state index contributed by atoms with van der Waals surface area (Å²) in [6, 6.07) is 0. The molecule has 132 valence electrons. The van der Waals surface area contributed by atoms with Crippen molar-refractivity contribution in [2.45, 2.75) is 78.6 Å². The van der Waals surface area contributed by atoms with E-state index >= 15 is 0 Å². The molecular weight excluding hydrogens is 304 g/mol. The molecule has 2 aliphatic carbocycles. The summed E-state index contributed by atoms with van der Waals surface area (Å²) in [5.74, 6) is 2.04. The molecule has 0 aliphatic heterocycles. The molecule has 0 amide bonds. The fourth-order valence-corrected chi connectivity index (χ4v) is 5.06. The van der Waals surface area contributed by atoms with Gasteiger partial charge in [0.05, 0.1) is 17.3 Å². The predicted molar refractivity (Wildman–Crippen MR) is 96.8 cm³/mol. The van der Waals surface area contributed by atoms with Gasteiger partial charge in [0.15, 0.2) is 0 Å². The SMILES string of the molecule is CO[C@H]1[C@@H]2C[C@@](C)(C(C)=O)C(O[Si](C)(C)C(C)(C)C)=C2C[C@@H]1C. The van der Waals surface area contributed by atoms with Crippen LogP contribution in [0.4, 0.5) is 0 Å². The van der Waals surface area contributed by atoms with Crippen LogP contribution in [-0.4, -0.2) is 27.3 Å². The van der Waals surface area contributed by atoms with Gasteiger partial charge < -0.3 is 9.16 Å². The smallest absolute Gasteiger partial charge is 0.250 e. The summed E-state index contributed by atoms with van der Waals surface area (Å²) in [4.78, 5) is 12.5. The van der Waals surface area contributed by atoms with Crippen molar-refractivity contribution in [3.8, 4) is 0 Å². The number of carbonyl (C=O) groups is 1.